The van der Waals surface area contributed by atoms with E-state index in [1.807, 2.05) is 22.7 Å². The summed E-state index contributed by atoms with van der Waals surface area (Å²) in [6.45, 7) is 6.73. The molecule has 2 heteroatoms. The summed E-state index contributed by atoms with van der Waals surface area (Å²) in [6, 6.07) is 33.7. The molecule has 0 amide bonds. The summed E-state index contributed by atoms with van der Waals surface area (Å²) < 4.78 is 5.56. The number of hydrogen-bond donors (Lipinski definition) is 0. The molecule has 2 aromatic heterocycles. The molecule has 0 radical (unpaired) electrons. The zero-order valence-electron chi connectivity index (χ0n) is 20.0. The highest BCUT2D eigenvalue weighted by Gasteiger charge is 2.17. The summed E-state index contributed by atoms with van der Waals surface area (Å²) >= 11 is 3.86. The van der Waals surface area contributed by atoms with Crippen LogP contribution in [0.5, 0.6) is 0 Å². The lowest BCUT2D eigenvalue weighted by Crippen LogP contribution is -1.89. The van der Waals surface area contributed by atoms with Crippen LogP contribution in [0, 0.1) is 20.8 Å². The largest absolute Gasteiger partial charge is 0.134 e. The first-order valence-corrected chi connectivity index (χ1v) is 13.7. The fourth-order valence-electron chi connectivity index (χ4n) is 5.57. The molecular weight excluding hydrogens is 460 g/mol. The Hall–Kier alpha value is -3.46. The van der Waals surface area contributed by atoms with Crippen molar-refractivity contribution in [2.75, 3.05) is 0 Å². The lowest BCUT2D eigenvalue weighted by Gasteiger charge is -2.13. The highest BCUT2D eigenvalue weighted by Crippen LogP contribution is 2.45. The highest BCUT2D eigenvalue weighted by atomic mass is 32.1. The lowest BCUT2D eigenvalue weighted by atomic mass is 9.91. The minimum Gasteiger partial charge on any atom is -0.134 e. The number of benzene rings is 5. The first-order chi connectivity index (χ1) is 17.1. The summed E-state index contributed by atoms with van der Waals surface area (Å²) in [5.41, 5.74) is 9.37. The van der Waals surface area contributed by atoms with Crippen LogP contribution in [-0.4, -0.2) is 0 Å². The molecule has 2 heterocycles. The SMILES string of the molecule is Cc1c(-c2cccc3c2sc2c(C)cccc23)cccc1-c1cccc2c1sc1c(C)cccc12. The third-order valence-corrected chi connectivity index (χ3v) is 10.1. The van der Waals surface area contributed by atoms with Crippen LogP contribution in [0.15, 0.2) is 91.0 Å². The van der Waals surface area contributed by atoms with Gasteiger partial charge in [-0.05, 0) is 59.7 Å². The van der Waals surface area contributed by atoms with Crippen LogP contribution >= 0.6 is 22.7 Å². The van der Waals surface area contributed by atoms with Crippen molar-refractivity contribution in [2.45, 2.75) is 20.8 Å². The molecule has 7 aromatic rings. The van der Waals surface area contributed by atoms with Gasteiger partial charge in [0.25, 0.3) is 0 Å². The van der Waals surface area contributed by atoms with Crippen molar-refractivity contribution < 1.29 is 0 Å². The molecule has 0 nitrogen and oxygen atoms in total. The molecule has 0 aliphatic carbocycles. The predicted molar refractivity (Wildman–Crippen MR) is 157 cm³/mol. The van der Waals surface area contributed by atoms with E-state index in [1.165, 1.54) is 79.3 Å². The Labute approximate surface area is 213 Å². The van der Waals surface area contributed by atoms with Gasteiger partial charge in [0.05, 0.1) is 0 Å². The van der Waals surface area contributed by atoms with Crippen molar-refractivity contribution in [3.05, 3.63) is 108 Å². The minimum absolute atomic E-state index is 1.33. The number of hydrogen-bond acceptors (Lipinski definition) is 2. The third kappa shape index (κ3) is 3.03. The number of rotatable bonds is 2. The van der Waals surface area contributed by atoms with Crippen molar-refractivity contribution in [3.63, 3.8) is 0 Å². The van der Waals surface area contributed by atoms with E-state index in [-0.39, 0.29) is 0 Å². The number of thiophene rings is 2. The second-order valence-corrected chi connectivity index (χ2v) is 11.5. The van der Waals surface area contributed by atoms with Gasteiger partial charge in [-0.15, -0.1) is 22.7 Å². The number of fused-ring (bicyclic) bond motifs is 6. The van der Waals surface area contributed by atoms with Crippen LogP contribution in [0.1, 0.15) is 16.7 Å². The van der Waals surface area contributed by atoms with Gasteiger partial charge in [-0.2, -0.15) is 0 Å². The van der Waals surface area contributed by atoms with Crippen LogP contribution in [0.25, 0.3) is 62.6 Å². The zero-order valence-corrected chi connectivity index (χ0v) is 21.6. The van der Waals surface area contributed by atoms with Crippen molar-refractivity contribution in [1.29, 1.82) is 0 Å². The Morgan fingerprint density at radius 1 is 0.371 bits per heavy atom. The molecule has 0 fully saturated rings. The first kappa shape index (κ1) is 20.9. The van der Waals surface area contributed by atoms with E-state index >= 15 is 0 Å². The summed E-state index contributed by atoms with van der Waals surface area (Å²) in [5, 5.41) is 5.45. The van der Waals surface area contributed by atoms with Crippen molar-refractivity contribution in [3.8, 4) is 22.3 Å². The monoisotopic (exact) mass is 484 g/mol. The van der Waals surface area contributed by atoms with Gasteiger partial charge in [0.15, 0.2) is 0 Å². The lowest BCUT2D eigenvalue weighted by molar-refractivity contribution is 1.47. The van der Waals surface area contributed by atoms with Crippen molar-refractivity contribution in [2.24, 2.45) is 0 Å². The Kier molecular flexibility index (Phi) is 4.64. The molecule has 0 saturated heterocycles. The molecule has 0 saturated carbocycles. The smallest absolute Gasteiger partial charge is 0.0434 e. The Morgan fingerprint density at radius 2 is 0.714 bits per heavy atom. The van der Waals surface area contributed by atoms with Crippen LogP contribution in [0.4, 0.5) is 0 Å². The Morgan fingerprint density at radius 3 is 1.17 bits per heavy atom. The van der Waals surface area contributed by atoms with Crippen LogP contribution in [-0.2, 0) is 0 Å². The maximum absolute atomic E-state index is 2.29. The van der Waals surface area contributed by atoms with Crippen LogP contribution in [0.3, 0.4) is 0 Å². The summed E-state index contributed by atoms with van der Waals surface area (Å²) in [4.78, 5) is 0. The standard InChI is InChI=1S/C33H24S2/c1-19-9-4-13-26-28-17-7-15-24(32(28)34-30(19)26)22-11-6-12-23(21(22)3)25-16-8-18-29-27-14-5-10-20(2)31(27)35-33(25)29/h4-18H,1-3H3. The molecule has 0 N–H and O–H groups in total. The summed E-state index contributed by atoms with van der Waals surface area (Å²) in [7, 11) is 0. The molecule has 35 heavy (non-hydrogen) atoms. The van der Waals surface area contributed by atoms with Gasteiger partial charge in [0.1, 0.15) is 0 Å². The van der Waals surface area contributed by atoms with E-state index in [0.717, 1.165) is 0 Å². The van der Waals surface area contributed by atoms with E-state index in [1.54, 1.807) is 0 Å². The normalized spacial score (nSPS) is 11.9. The van der Waals surface area contributed by atoms with Crippen LogP contribution in [0.2, 0.25) is 0 Å². The minimum atomic E-state index is 1.33. The predicted octanol–water partition coefficient (Wildman–Crippen LogP) is 10.7. The van der Waals surface area contributed by atoms with Gasteiger partial charge < -0.3 is 0 Å². The molecule has 0 aliphatic rings. The van der Waals surface area contributed by atoms with E-state index in [4.69, 9.17) is 0 Å². The van der Waals surface area contributed by atoms with Crippen LogP contribution < -0.4 is 0 Å². The fourth-order valence-corrected chi connectivity index (χ4v) is 8.16. The molecule has 0 spiro atoms. The molecule has 7 rings (SSSR count). The van der Waals surface area contributed by atoms with Gasteiger partial charge in [-0.25, -0.2) is 0 Å². The van der Waals surface area contributed by atoms with E-state index in [9.17, 15) is 0 Å². The van der Waals surface area contributed by atoms with Gasteiger partial charge in [-0.3, -0.25) is 0 Å². The molecular formula is C33H24S2. The number of aryl methyl sites for hydroxylation is 2. The molecule has 0 bridgehead atoms. The first-order valence-electron chi connectivity index (χ1n) is 12.0. The third-order valence-electron chi connectivity index (χ3n) is 7.36. The average Bonchev–Trinajstić information content (AvgIpc) is 3.45. The van der Waals surface area contributed by atoms with Crippen molar-refractivity contribution >= 4 is 63.0 Å². The quantitative estimate of drug-likeness (QED) is 0.229. The van der Waals surface area contributed by atoms with Gasteiger partial charge in [-0.1, -0.05) is 91.0 Å². The van der Waals surface area contributed by atoms with Gasteiger partial charge in [0.2, 0.25) is 0 Å². The molecule has 0 unspecified atom stereocenters. The maximum atomic E-state index is 2.29. The highest BCUT2D eigenvalue weighted by molar-refractivity contribution is 7.27. The second kappa shape index (κ2) is 7.78. The van der Waals surface area contributed by atoms with Gasteiger partial charge in [0, 0.05) is 40.3 Å². The topological polar surface area (TPSA) is 0 Å². The average molecular weight is 485 g/mol. The molecule has 5 aromatic carbocycles. The van der Waals surface area contributed by atoms with E-state index in [0.29, 0.717) is 0 Å². The summed E-state index contributed by atoms with van der Waals surface area (Å²) in [6.07, 6.45) is 0. The van der Waals surface area contributed by atoms with E-state index in [2.05, 4.69) is 112 Å². The Bertz CT molecular complexity index is 1790. The Balaban J connectivity index is 1.50. The maximum Gasteiger partial charge on any atom is 0.0434 e. The molecule has 0 atom stereocenters. The zero-order chi connectivity index (χ0) is 23.7. The van der Waals surface area contributed by atoms with E-state index < -0.39 is 0 Å². The molecule has 0 aliphatic heterocycles. The molecule has 168 valence electrons. The van der Waals surface area contributed by atoms with Gasteiger partial charge >= 0.3 is 0 Å². The summed E-state index contributed by atoms with van der Waals surface area (Å²) in [5.74, 6) is 0. The second-order valence-electron chi connectivity index (χ2n) is 9.45. The fraction of sp³-hybridized carbons (Fsp3) is 0.0909. The van der Waals surface area contributed by atoms with Crippen molar-refractivity contribution in [1.82, 2.24) is 0 Å².